The fourth-order valence-electron chi connectivity index (χ4n) is 4.52. The molecule has 2 amide bonds. The van der Waals surface area contributed by atoms with E-state index in [1.54, 1.807) is 43.3 Å². The number of carbonyl (C=O) groups excluding carboxylic acids is 2. The molecule has 1 aliphatic heterocycles. The predicted octanol–water partition coefficient (Wildman–Crippen LogP) is 3.78. The fourth-order valence-corrected chi connectivity index (χ4v) is 5.87. The highest BCUT2D eigenvalue weighted by molar-refractivity contribution is 7.92. The van der Waals surface area contributed by atoms with Crippen molar-refractivity contribution in [2.75, 3.05) is 4.72 Å². The van der Waals surface area contributed by atoms with E-state index in [0.717, 1.165) is 31.2 Å². The van der Waals surface area contributed by atoms with Gasteiger partial charge in [-0.1, -0.05) is 37.1 Å². The highest BCUT2D eigenvalue weighted by Crippen LogP contribution is 2.38. The third-order valence-corrected chi connectivity index (χ3v) is 7.61. The van der Waals surface area contributed by atoms with E-state index in [-0.39, 0.29) is 35.1 Å². The molecule has 2 aromatic carbocycles. The Bertz CT molecular complexity index is 1090. The van der Waals surface area contributed by atoms with Crippen LogP contribution in [0.2, 0.25) is 0 Å². The Labute approximate surface area is 177 Å². The number of aryl methyl sites for hydroxylation is 2. The highest BCUT2D eigenvalue weighted by Gasteiger charge is 2.47. The Morgan fingerprint density at radius 2 is 1.63 bits per heavy atom. The number of imide groups is 1. The third-order valence-electron chi connectivity index (χ3n) is 6.09. The maximum Gasteiger partial charge on any atom is 0.262 e. The molecule has 2 atom stereocenters. The quantitative estimate of drug-likeness (QED) is 0.738. The summed E-state index contributed by atoms with van der Waals surface area (Å²) in [6.45, 7) is 3.73. The number of nitrogens with one attached hydrogen (secondary N) is 1. The van der Waals surface area contributed by atoms with Gasteiger partial charge in [0, 0.05) is 5.69 Å². The predicted molar refractivity (Wildman–Crippen MR) is 114 cm³/mol. The van der Waals surface area contributed by atoms with E-state index in [9.17, 15) is 18.0 Å². The van der Waals surface area contributed by atoms with Gasteiger partial charge >= 0.3 is 0 Å². The standard InChI is InChI=1S/C23H26N2O4S/c1-15-6-5-7-18(12-15)24-30(28,29)21-13-17(11-10-16(21)2)14-25-22(26)19-8-3-4-9-20(19)23(25)27/h5-7,10-13,19-20,24H,3-4,8-9,14H2,1-2H3/t19-,20-/m0/s1. The third kappa shape index (κ3) is 3.86. The van der Waals surface area contributed by atoms with Crippen LogP contribution < -0.4 is 4.72 Å². The van der Waals surface area contributed by atoms with Crippen LogP contribution in [0.1, 0.15) is 42.4 Å². The van der Waals surface area contributed by atoms with Crippen molar-refractivity contribution < 1.29 is 18.0 Å². The molecule has 30 heavy (non-hydrogen) atoms. The number of amides is 2. The zero-order valence-electron chi connectivity index (χ0n) is 17.2. The van der Waals surface area contributed by atoms with Crippen LogP contribution in [0.25, 0.3) is 0 Å². The van der Waals surface area contributed by atoms with Crippen molar-refractivity contribution in [3.8, 4) is 0 Å². The van der Waals surface area contributed by atoms with Crippen molar-refractivity contribution in [3.05, 3.63) is 59.2 Å². The lowest BCUT2D eigenvalue weighted by atomic mass is 9.81. The minimum absolute atomic E-state index is 0.109. The second kappa shape index (κ2) is 7.87. The van der Waals surface area contributed by atoms with Gasteiger partial charge in [-0.25, -0.2) is 8.42 Å². The van der Waals surface area contributed by atoms with Crippen molar-refractivity contribution in [1.29, 1.82) is 0 Å². The molecule has 1 N–H and O–H groups in total. The molecule has 1 saturated carbocycles. The molecule has 7 heteroatoms. The number of sulfonamides is 1. The number of hydrogen-bond acceptors (Lipinski definition) is 4. The van der Waals surface area contributed by atoms with E-state index >= 15 is 0 Å². The second-order valence-electron chi connectivity index (χ2n) is 8.33. The number of carbonyl (C=O) groups is 2. The van der Waals surface area contributed by atoms with Gasteiger partial charge in [-0.2, -0.15) is 0 Å². The van der Waals surface area contributed by atoms with Gasteiger partial charge in [0.1, 0.15) is 0 Å². The molecule has 158 valence electrons. The zero-order valence-corrected chi connectivity index (χ0v) is 18.0. The molecule has 0 radical (unpaired) electrons. The van der Waals surface area contributed by atoms with Crippen LogP contribution in [0.5, 0.6) is 0 Å². The van der Waals surface area contributed by atoms with Gasteiger partial charge in [0.2, 0.25) is 11.8 Å². The molecular formula is C23H26N2O4S. The van der Waals surface area contributed by atoms with Gasteiger partial charge in [-0.3, -0.25) is 19.2 Å². The summed E-state index contributed by atoms with van der Waals surface area (Å²) < 4.78 is 28.6. The first kappa shape index (κ1) is 20.6. The van der Waals surface area contributed by atoms with E-state index in [1.165, 1.54) is 4.90 Å². The van der Waals surface area contributed by atoms with Gasteiger partial charge < -0.3 is 0 Å². The fraction of sp³-hybridized carbons (Fsp3) is 0.391. The highest BCUT2D eigenvalue weighted by atomic mass is 32.2. The van der Waals surface area contributed by atoms with Crippen LogP contribution in [0, 0.1) is 25.7 Å². The summed E-state index contributed by atoms with van der Waals surface area (Å²) in [6, 6.07) is 12.2. The number of hydrogen-bond donors (Lipinski definition) is 1. The van der Waals surface area contributed by atoms with E-state index < -0.39 is 10.0 Å². The zero-order chi connectivity index (χ0) is 21.5. The normalized spacial score (nSPS) is 21.6. The van der Waals surface area contributed by atoms with Crippen molar-refractivity contribution in [3.63, 3.8) is 0 Å². The number of benzene rings is 2. The van der Waals surface area contributed by atoms with Crippen molar-refractivity contribution in [2.45, 2.75) is 51.0 Å². The molecule has 1 aliphatic carbocycles. The summed E-state index contributed by atoms with van der Waals surface area (Å²) >= 11 is 0. The maximum atomic E-state index is 13.0. The Hall–Kier alpha value is -2.67. The Kier molecular flexibility index (Phi) is 5.40. The first-order valence-electron chi connectivity index (χ1n) is 10.3. The van der Waals surface area contributed by atoms with Gasteiger partial charge in [-0.05, 0) is 61.6 Å². The topological polar surface area (TPSA) is 83.6 Å². The molecule has 2 aliphatic rings. The Balaban J connectivity index is 1.59. The van der Waals surface area contributed by atoms with Crippen LogP contribution in [0.3, 0.4) is 0 Å². The minimum Gasteiger partial charge on any atom is -0.280 e. The largest absolute Gasteiger partial charge is 0.280 e. The van der Waals surface area contributed by atoms with Crippen LogP contribution >= 0.6 is 0 Å². The lowest BCUT2D eigenvalue weighted by molar-refractivity contribution is -0.140. The lowest BCUT2D eigenvalue weighted by Gasteiger charge is -2.19. The van der Waals surface area contributed by atoms with Crippen LogP contribution in [-0.4, -0.2) is 25.1 Å². The van der Waals surface area contributed by atoms with E-state index in [2.05, 4.69) is 4.72 Å². The molecule has 0 spiro atoms. The molecule has 0 bridgehead atoms. The minimum atomic E-state index is -3.80. The monoisotopic (exact) mass is 426 g/mol. The number of likely N-dealkylation sites (tertiary alicyclic amines) is 1. The molecule has 6 nitrogen and oxygen atoms in total. The molecule has 0 unspecified atom stereocenters. The van der Waals surface area contributed by atoms with E-state index in [1.807, 2.05) is 13.0 Å². The van der Waals surface area contributed by atoms with E-state index in [0.29, 0.717) is 16.8 Å². The average Bonchev–Trinajstić information content (AvgIpc) is 2.94. The van der Waals surface area contributed by atoms with Crippen LogP contribution in [-0.2, 0) is 26.2 Å². The summed E-state index contributed by atoms with van der Waals surface area (Å²) in [5.41, 5.74) is 2.68. The number of fused-ring (bicyclic) bond motifs is 1. The summed E-state index contributed by atoms with van der Waals surface area (Å²) in [5, 5.41) is 0. The van der Waals surface area contributed by atoms with Crippen molar-refractivity contribution in [1.82, 2.24) is 4.90 Å². The number of anilines is 1. The summed E-state index contributed by atoms with van der Waals surface area (Å²) in [5.74, 6) is -0.647. The summed E-state index contributed by atoms with van der Waals surface area (Å²) in [7, 11) is -3.80. The lowest BCUT2D eigenvalue weighted by Crippen LogP contribution is -2.30. The summed E-state index contributed by atoms with van der Waals surface area (Å²) in [6.07, 6.45) is 3.48. The SMILES string of the molecule is Cc1cccc(NS(=O)(=O)c2cc(CN3C(=O)[C@H]4CCCC[C@@H]4C3=O)ccc2C)c1. The smallest absolute Gasteiger partial charge is 0.262 e. The molecule has 2 aromatic rings. The van der Waals surface area contributed by atoms with Crippen molar-refractivity contribution >= 4 is 27.5 Å². The summed E-state index contributed by atoms with van der Waals surface area (Å²) in [4.78, 5) is 27.0. The second-order valence-corrected chi connectivity index (χ2v) is 9.99. The van der Waals surface area contributed by atoms with Gasteiger partial charge in [0.15, 0.2) is 0 Å². The first-order valence-corrected chi connectivity index (χ1v) is 11.8. The van der Waals surface area contributed by atoms with Crippen LogP contribution in [0.15, 0.2) is 47.4 Å². The molecule has 1 heterocycles. The Morgan fingerprint density at radius 1 is 0.967 bits per heavy atom. The molecule has 0 aromatic heterocycles. The van der Waals surface area contributed by atoms with Gasteiger partial charge in [-0.15, -0.1) is 0 Å². The number of rotatable bonds is 5. The van der Waals surface area contributed by atoms with Crippen LogP contribution in [0.4, 0.5) is 5.69 Å². The van der Waals surface area contributed by atoms with Gasteiger partial charge in [0.25, 0.3) is 10.0 Å². The molecule has 1 saturated heterocycles. The average molecular weight is 427 g/mol. The Morgan fingerprint density at radius 3 is 2.27 bits per heavy atom. The molecule has 2 fully saturated rings. The first-order chi connectivity index (χ1) is 14.3. The van der Waals surface area contributed by atoms with E-state index in [4.69, 9.17) is 0 Å². The maximum absolute atomic E-state index is 13.0. The number of nitrogens with zero attached hydrogens (tertiary/aromatic N) is 1. The van der Waals surface area contributed by atoms with Crippen molar-refractivity contribution in [2.24, 2.45) is 11.8 Å². The molecular weight excluding hydrogens is 400 g/mol. The van der Waals surface area contributed by atoms with Gasteiger partial charge in [0.05, 0.1) is 23.3 Å². The molecule has 4 rings (SSSR count).